The van der Waals surface area contributed by atoms with Crippen LogP contribution in [0.4, 0.5) is 5.69 Å². The van der Waals surface area contributed by atoms with Crippen molar-refractivity contribution in [2.24, 2.45) is 0 Å². The highest BCUT2D eigenvalue weighted by molar-refractivity contribution is 7.99. The molecule has 2 saturated heterocycles. The van der Waals surface area contributed by atoms with E-state index in [1.54, 1.807) is 0 Å². The van der Waals surface area contributed by atoms with Crippen molar-refractivity contribution in [2.75, 3.05) is 62.3 Å². The van der Waals surface area contributed by atoms with Gasteiger partial charge >= 0.3 is 0 Å². The molecule has 2 aromatic rings. The average molecular weight is 484 g/mol. The molecule has 0 unspecified atom stereocenters. The number of aromatic nitrogens is 2. The van der Waals surface area contributed by atoms with Crippen molar-refractivity contribution in [2.45, 2.75) is 45.7 Å². The zero-order valence-corrected chi connectivity index (χ0v) is 21.4. The fraction of sp³-hybridized carbons (Fsp3) is 0.615. The fourth-order valence-corrected chi connectivity index (χ4v) is 6.56. The number of ether oxygens (including phenoxy) is 1. The van der Waals surface area contributed by atoms with E-state index >= 15 is 0 Å². The smallest absolute Gasteiger partial charge is 0.274 e. The Morgan fingerprint density at radius 1 is 1.09 bits per heavy atom. The van der Waals surface area contributed by atoms with Gasteiger partial charge in [0.05, 0.1) is 12.3 Å². The maximum absolute atomic E-state index is 13.4. The number of piperazine rings is 1. The first-order valence-electron chi connectivity index (χ1n) is 12.9. The first kappa shape index (κ1) is 23.5. The number of carbonyl (C=O) groups is 1. The maximum Gasteiger partial charge on any atom is 0.274 e. The van der Waals surface area contributed by atoms with E-state index in [1.807, 2.05) is 29.7 Å². The van der Waals surface area contributed by atoms with Gasteiger partial charge in [0.1, 0.15) is 5.75 Å². The van der Waals surface area contributed by atoms with Gasteiger partial charge in [-0.3, -0.25) is 14.4 Å². The highest BCUT2D eigenvalue weighted by Crippen LogP contribution is 2.32. The Hall–Kier alpha value is -2.19. The molecule has 0 bridgehead atoms. The lowest BCUT2D eigenvalue weighted by molar-refractivity contribution is 0.0763. The van der Waals surface area contributed by atoms with Crippen LogP contribution in [-0.4, -0.2) is 88.9 Å². The summed E-state index contributed by atoms with van der Waals surface area (Å²) < 4.78 is 7.95. The number of aryl methyl sites for hydroxylation is 1. The van der Waals surface area contributed by atoms with Gasteiger partial charge < -0.3 is 14.5 Å². The zero-order valence-electron chi connectivity index (χ0n) is 20.5. The second-order valence-electron chi connectivity index (χ2n) is 9.31. The van der Waals surface area contributed by atoms with Crippen LogP contribution in [0.3, 0.4) is 0 Å². The van der Waals surface area contributed by atoms with Crippen LogP contribution in [0.5, 0.6) is 5.75 Å². The molecule has 0 saturated carbocycles. The molecule has 1 amide bonds. The van der Waals surface area contributed by atoms with E-state index in [-0.39, 0.29) is 5.91 Å². The number of hydrogen-bond acceptors (Lipinski definition) is 6. The Morgan fingerprint density at radius 2 is 1.85 bits per heavy atom. The third-order valence-corrected chi connectivity index (χ3v) is 8.40. The van der Waals surface area contributed by atoms with Gasteiger partial charge in [0.2, 0.25) is 0 Å². The lowest BCUT2D eigenvalue weighted by Gasteiger charge is -2.42. The highest BCUT2D eigenvalue weighted by atomic mass is 32.2. The Labute approximate surface area is 207 Å². The summed E-state index contributed by atoms with van der Waals surface area (Å²) in [6.45, 7) is 11.4. The molecular formula is C26H37N5O2S. The van der Waals surface area contributed by atoms with Crippen LogP contribution in [0.25, 0.3) is 0 Å². The maximum atomic E-state index is 13.4. The summed E-state index contributed by atoms with van der Waals surface area (Å²) in [6.07, 6.45) is 3.09. The van der Waals surface area contributed by atoms with Gasteiger partial charge in [-0.05, 0) is 45.2 Å². The largest absolute Gasteiger partial charge is 0.492 e. The van der Waals surface area contributed by atoms with E-state index in [0.29, 0.717) is 12.6 Å². The standard InChI is InChI=1S/C26H37N5O2S/c1-3-31-22-10-9-20(19-21(22)25(27-31)26(32)30-15-17-34-18-16-30)28-11-13-29(14-12-28)23-7-5-6-8-24(23)33-4-2/h5-8,20H,3-4,9-19H2,1-2H3/t20-/m0/s1. The predicted molar refractivity (Wildman–Crippen MR) is 138 cm³/mol. The van der Waals surface area contributed by atoms with E-state index in [2.05, 4.69) is 39.6 Å². The van der Waals surface area contributed by atoms with Crippen molar-refractivity contribution in [3.05, 3.63) is 41.2 Å². The van der Waals surface area contributed by atoms with Crippen molar-refractivity contribution in [1.29, 1.82) is 0 Å². The summed E-state index contributed by atoms with van der Waals surface area (Å²) in [4.78, 5) is 20.5. The first-order valence-corrected chi connectivity index (χ1v) is 14.0. The molecule has 1 atom stereocenters. The monoisotopic (exact) mass is 483 g/mol. The van der Waals surface area contributed by atoms with Gasteiger partial charge in [0.15, 0.2) is 5.69 Å². The molecule has 184 valence electrons. The zero-order chi connectivity index (χ0) is 23.5. The molecule has 3 aliphatic rings. The number of rotatable bonds is 6. The topological polar surface area (TPSA) is 53.8 Å². The van der Waals surface area contributed by atoms with Gasteiger partial charge in [-0.1, -0.05) is 12.1 Å². The van der Waals surface area contributed by atoms with Gasteiger partial charge in [0.25, 0.3) is 5.91 Å². The first-order chi connectivity index (χ1) is 16.7. The van der Waals surface area contributed by atoms with Crippen LogP contribution in [0.15, 0.2) is 24.3 Å². The second kappa shape index (κ2) is 10.6. The lowest BCUT2D eigenvalue weighted by atomic mass is 9.89. The number of nitrogens with zero attached hydrogens (tertiary/aromatic N) is 5. The Morgan fingerprint density at radius 3 is 2.59 bits per heavy atom. The summed E-state index contributed by atoms with van der Waals surface area (Å²) in [5.41, 5.74) is 4.42. The normalized spacial score (nSPS) is 21.4. The molecule has 3 heterocycles. The molecule has 8 heteroatoms. The highest BCUT2D eigenvalue weighted by Gasteiger charge is 2.34. The van der Waals surface area contributed by atoms with Crippen molar-refractivity contribution in [3.8, 4) is 5.75 Å². The van der Waals surface area contributed by atoms with Crippen LogP contribution in [0.1, 0.15) is 42.0 Å². The minimum atomic E-state index is 0.141. The molecule has 5 rings (SSSR count). The number of amides is 1. The van der Waals surface area contributed by atoms with Crippen LogP contribution < -0.4 is 9.64 Å². The van der Waals surface area contributed by atoms with E-state index < -0.39 is 0 Å². The Balaban J connectivity index is 1.28. The summed E-state index contributed by atoms with van der Waals surface area (Å²) in [6, 6.07) is 8.86. The summed E-state index contributed by atoms with van der Waals surface area (Å²) >= 11 is 1.93. The Kier molecular flexibility index (Phi) is 7.34. The summed E-state index contributed by atoms with van der Waals surface area (Å²) in [5.74, 6) is 3.18. The number of para-hydroxylation sites is 2. The molecular weight excluding hydrogens is 446 g/mol. The fourth-order valence-electron chi connectivity index (χ4n) is 5.65. The quantitative estimate of drug-likeness (QED) is 0.629. The van der Waals surface area contributed by atoms with Gasteiger partial charge in [0, 0.05) is 74.6 Å². The average Bonchev–Trinajstić information content (AvgIpc) is 3.27. The van der Waals surface area contributed by atoms with E-state index in [1.165, 1.54) is 16.9 Å². The minimum absolute atomic E-state index is 0.141. The molecule has 2 fully saturated rings. The van der Waals surface area contributed by atoms with Crippen molar-refractivity contribution in [3.63, 3.8) is 0 Å². The van der Waals surface area contributed by atoms with E-state index in [9.17, 15) is 4.79 Å². The molecule has 0 spiro atoms. The van der Waals surface area contributed by atoms with Crippen LogP contribution in [-0.2, 0) is 19.4 Å². The molecule has 1 aromatic heterocycles. The number of carbonyl (C=O) groups excluding carboxylic acids is 1. The molecule has 34 heavy (non-hydrogen) atoms. The lowest BCUT2D eigenvalue weighted by Crippen LogP contribution is -2.52. The van der Waals surface area contributed by atoms with Crippen molar-refractivity contribution < 1.29 is 9.53 Å². The van der Waals surface area contributed by atoms with Crippen LogP contribution in [0, 0.1) is 0 Å². The molecule has 0 N–H and O–H groups in total. The number of hydrogen-bond donors (Lipinski definition) is 0. The molecule has 7 nitrogen and oxygen atoms in total. The van der Waals surface area contributed by atoms with Gasteiger partial charge in [-0.15, -0.1) is 0 Å². The third-order valence-electron chi connectivity index (χ3n) is 7.46. The molecule has 0 radical (unpaired) electrons. The van der Waals surface area contributed by atoms with Gasteiger partial charge in [-0.25, -0.2) is 0 Å². The number of thioether (sulfide) groups is 1. The van der Waals surface area contributed by atoms with Gasteiger partial charge in [-0.2, -0.15) is 16.9 Å². The summed E-state index contributed by atoms with van der Waals surface area (Å²) in [7, 11) is 0. The van der Waals surface area contributed by atoms with Crippen molar-refractivity contribution >= 4 is 23.4 Å². The second-order valence-corrected chi connectivity index (χ2v) is 10.5. The Bertz CT molecular complexity index is 995. The third kappa shape index (κ3) is 4.67. The van der Waals surface area contributed by atoms with E-state index in [4.69, 9.17) is 9.84 Å². The number of anilines is 1. The number of benzene rings is 1. The molecule has 1 aromatic carbocycles. The predicted octanol–water partition coefficient (Wildman–Crippen LogP) is 3.17. The van der Waals surface area contributed by atoms with Crippen LogP contribution in [0.2, 0.25) is 0 Å². The SMILES string of the molecule is CCOc1ccccc1N1CCN([C@H]2CCc3c(c(C(=O)N4CCSCC4)nn3CC)C2)CC1. The van der Waals surface area contributed by atoms with Crippen molar-refractivity contribution in [1.82, 2.24) is 19.6 Å². The van der Waals surface area contributed by atoms with Crippen LogP contribution >= 0.6 is 11.8 Å². The number of fused-ring (bicyclic) bond motifs is 1. The van der Waals surface area contributed by atoms with E-state index in [0.717, 1.165) is 88.0 Å². The molecule has 2 aliphatic heterocycles. The minimum Gasteiger partial charge on any atom is -0.492 e. The molecule has 1 aliphatic carbocycles. The summed E-state index contributed by atoms with van der Waals surface area (Å²) in [5, 5.41) is 4.82.